The van der Waals surface area contributed by atoms with Crippen molar-refractivity contribution in [2.75, 3.05) is 0 Å². The molecule has 0 saturated carbocycles. The van der Waals surface area contributed by atoms with E-state index in [1.807, 2.05) is 6.08 Å². The van der Waals surface area contributed by atoms with E-state index in [-0.39, 0.29) is 6.10 Å². The van der Waals surface area contributed by atoms with Crippen LogP contribution in [0.25, 0.3) is 0 Å². The van der Waals surface area contributed by atoms with Gasteiger partial charge in [-0.3, -0.25) is 0 Å². The molecule has 0 unspecified atom stereocenters. The number of hydrogen-bond donors (Lipinski definition) is 0. The van der Waals surface area contributed by atoms with Crippen LogP contribution in [0.15, 0.2) is 24.8 Å². The van der Waals surface area contributed by atoms with Crippen LogP contribution in [-0.2, 0) is 4.74 Å². The van der Waals surface area contributed by atoms with Crippen molar-refractivity contribution in [3.05, 3.63) is 24.8 Å². The number of hydrogen-bond acceptors (Lipinski definition) is 1. The highest BCUT2D eigenvalue weighted by Gasteiger charge is 2.29. The summed E-state index contributed by atoms with van der Waals surface area (Å²) in [6, 6.07) is 0. The first-order valence-corrected chi connectivity index (χ1v) is 5.09. The molecule has 1 heterocycles. The Bertz CT molecular complexity index is 193. The van der Waals surface area contributed by atoms with Gasteiger partial charge in [0.2, 0.25) is 0 Å². The monoisotopic (exact) mass is 180 g/mol. The quantitative estimate of drug-likeness (QED) is 0.603. The molecular weight excluding hydrogens is 160 g/mol. The molecule has 2 atom stereocenters. The number of rotatable bonds is 4. The van der Waals surface area contributed by atoms with E-state index in [4.69, 9.17) is 4.74 Å². The lowest BCUT2D eigenvalue weighted by Gasteiger charge is -2.16. The van der Waals surface area contributed by atoms with Crippen LogP contribution in [0.4, 0.5) is 0 Å². The average Bonchev–Trinajstić information content (AvgIpc) is 2.43. The number of ether oxygens (including phenoxy) is 1. The third-order valence-electron chi connectivity index (χ3n) is 2.53. The average molecular weight is 180 g/mol. The van der Waals surface area contributed by atoms with Crippen molar-refractivity contribution in [3.63, 3.8) is 0 Å². The Hall–Kier alpha value is -0.560. The van der Waals surface area contributed by atoms with E-state index >= 15 is 0 Å². The van der Waals surface area contributed by atoms with Gasteiger partial charge in [-0.15, -0.1) is 6.58 Å². The van der Waals surface area contributed by atoms with E-state index in [1.165, 1.54) is 5.57 Å². The minimum absolute atomic E-state index is 0.287. The Morgan fingerprint density at radius 2 is 2.31 bits per heavy atom. The van der Waals surface area contributed by atoms with Crippen LogP contribution in [0.5, 0.6) is 0 Å². The molecule has 0 amide bonds. The summed E-state index contributed by atoms with van der Waals surface area (Å²) in [4.78, 5) is 0. The van der Waals surface area contributed by atoms with Crippen LogP contribution >= 0.6 is 0 Å². The fraction of sp³-hybridized carbons (Fsp3) is 0.667. The minimum Gasteiger partial charge on any atom is -0.370 e. The molecule has 1 heteroatoms. The van der Waals surface area contributed by atoms with Gasteiger partial charge >= 0.3 is 0 Å². The zero-order valence-electron chi connectivity index (χ0n) is 8.75. The van der Waals surface area contributed by atoms with Crippen LogP contribution < -0.4 is 0 Å². The predicted octanol–water partition coefficient (Wildman–Crippen LogP) is 3.32. The third-order valence-corrected chi connectivity index (χ3v) is 2.53. The van der Waals surface area contributed by atoms with Gasteiger partial charge in [-0.2, -0.15) is 0 Å². The summed E-state index contributed by atoms with van der Waals surface area (Å²) in [7, 11) is 0. The van der Waals surface area contributed by atoms with Crippen molar-refractivity contribution in [3.8, 4) is 0 Å². The maximum Gasteiger partial charge on any atom is 0.0810 e. The molecule has 1 aliphatic rings. The highest BCUT2D eigenvalue weighted by atomic mass is 16.5. The fourth-order valence-corrected chi connectivity index (χ4v) is 1.86. The van der Waals surface area contributed by atoms with Crippen LogP contribution in [0, 0.1) is 5.92 Å². The van der Waals surface area contributed by atoms with Gasteiger partial charge in [0.1, 0.15) is 0 Å². The second-order valence-electron chi connectivity index (χ2n) is 4.15. The second kappa shape index (κ2) is 4.61. The molecule has 0 aromatic rings. The molecule has 74 valence electrons. The summed E-state index contributed by atoms with van der Waals surface area (Å²) in [6.07, 6.45) is 5.80. The molecular formula is C12H20O. The van der Waals surface area contributed by atoms with Crippen molar-refractivity contribution in [1.29, 1.82) is 0 Å². The topological polar surface area (TPSA) is 9.23 Å². The van der Waals surface area contributed by atoms with Gasteiger partial charge < -0.3 is 4.74 Å². The van der Waals surface area contributed by atoms with E-state index in [0.29, 0.717) is 12.0 Å². The first-order valence-electron chi connectivity index (χ1n) is 5.09. The molecule has 0 aliphatic carbocycles. The normalized spacial score (nSPS) is 28.4. The Morgan fingerprint density at radius 3 is 2.77 bits per heavy atom. The van der Waals surface area contributed by atoms with Crippen molar-refractivity contribution in [2.45, 2.75) is 45.3 Å². The lowest BCUT2D eigenvalue weighted by atomic mass is 9.99. The molecule has 1 aliphatic heterocycles. The molecule has 1 saturated heterocycles. The molecule has 13 heavy (non-hydrogen) atoms. The van der Waals surface area contributed by atoms with Crippen molar-refractivity contribution in [2.24, 2.45) is 5.92 Å². The second-order valence-corrected chi connectivity index (χ2v) is 4.15. The predicted molar refractivity (Wildman–Crippen MR) is 56.7 cm³/mol. The molecule has 1 nitrogen and oxygen atoms in total. The van der Waals surface area contributed by atoms with Crippen molar-refractivity contribution >= 4 is 0 Å². The lowest BCUT2D eigenvalue weighted by molar-refractivity contribution is 0.0250. The largest absolute Gasteiger partial charge is 0.370 e. The van der Waals surface area contributed by atoms with Gasteiger partial charge in [0, 0.05) is 0 Å². The molecule has 0 bridgehead atoms. The Kier molecular flexibility index (Phi) is 3.73. The Morgan fingerprint density at radius 1 is 1.62 bits per heavy atom. The molecule has 0 aromatic carbocycles. The van der Waals surface area contributed by atoms with Gasteiger partial charge in [0.15, 0.2) is 0 Å². The van der Waals surface area contributed by atoms with Crippen LogP contribution in [0.1, 0.15) is 33.1 Å². The molecule has 0 N–H and O–H groups in total. The molecule has 0 radical (unpaired) electrons. The van der Waals surface area contributed by atoms with Crippen molar-refractivity contribution in [1.82, 2.24) is 0 Å². The van der Waals surface area contributed by atoms with Crippen molar-refractivity contribution < 1.29 is 4.74 Å². The highest BCUT2D eigenvalue weighted by molar-refractivity contribution is 5.10. The molecule has 1 rings (SSSR count). The third kappa shape index (κ3) is 2.70. The summed E-state index contributed by atoms with van der Waals surface area (Å²) in [5.74, 6) is 0.557. The van der Waals surface area contributed by atoms with Crippen LogP contribution in [-0.4, -0.2) is 12.2 Å². The summed E-state index contributed by atoms with van der Waals surface area (Å²) in [5, 5.41) is 0. The summed E-state index contributed by atoms with van der Waals surface area (Å²) in [5.41, 5.74) is 1.27. The van der Waals surface area contributed by atoms with Gasteiger partial charge in [0.25, 0.3) is 0 Å². The Labute approximate surface area is 81.5 Å². The molecule has 0 aromatic heterocycles. The zero-order valence-corrected chi connectivity index (χ0v) is 8.75. The van der Waals surface area contributed by atoms with E-state index in [9.17, 15) is 0 Å². The van der Waals surface area contributed by atoms with Gasteiger partial charge in [-0.25, -0.2) is 0 Å². The molecule has 1 fully saturated rings. The smallest absolute Gasteiger partial charge is 0.0810 e. The van der Waals surface area contributed by atoms with E-state index in [1.54, 1.807) is 0 Å². The first-order chi connectivity index (χ1) is 6.15. The standard InChI is InChI=1S/C12H20O/c1-5-6-7-11-8-10(4)12(13-11)9(2)3/h5,9,11-12H,1,4,6-8H2,2-3H3/t11-,12-/m0/s1. The molecule has 0 spiro atoms. The van der Waals surface area contributed by atoms with Crippen LogP contribution in [0.3, 0.4) is 0 Å². The first kappa shape index (κ1) is 10.5. The number of allylic oxidation sites excluding steroid dienone is 1. The Balaban J connectivity index is 2.40. The summed E-state index contributed by atoms with van der Waals surface area (Å²) >= 11 is 0. The van der Waals surface area contributed by atoms with Gasteiger partial charge in [0.05, 0.1) is 12.2 Å². The van der Waals surface area contributed by atoms with E-state index in [2.05, 4.69) is 27.0 Å². The lowest BCUT2D eigenvalue weighted by Crippen LogP contribution is -2.17. The zero-order chi connectivity index (χ0) is 9.84. The maximum absolute atomic E-state index is 5.89. The SMILES string of the molecule is C=CCC[C@H]1CC(=C)[C@H](C(C)C)O1. The summed E-state index contributed by atoms with van der Waals surface area (Å²) < 4.78 is 5.89. The van der Waals surface area contributed by atoms with Gasteiger partial charge in [-0.1, -0.05) is 26.5 Å². The van der Waals surface area contributed by atoms with Gasteiger partial charge in [-0.05, 0) is 30.8 Å². The fourth-order valence-electron chi connectivity index (χ4n) is 1.86. The minimum atomic E-state index is 0.287. The maximum atomic E-state index is 5.89. The van der Waals surface area contributed by atoms with Crippen LogP contribution in [0.2, 0.25) is 0 Å². The summed E-state index contributed by atoms with van der Waals surface area (Å²) in [6.45, 7) is 12.2. The van der Waals surface area contributed by atoms with E-state index in [0.717, 1.165) is 19.3 Å². The highest BCUT2D eigenvalue weighted by Crippen LogP contribution is 2.31. The van der Waals surface area contributed by atoms with E-state index < -0.39 is 0 Å².